The van der Waals surface area contributed by atoms with E-state index < -0.39 is 37.3 Å². The molecule has 1 aromatic carbocycles. The maximum Gasteiger partial charge on any atom is 0.408 e. The van der Waals surface area contributed by atoms with Gasteiger partial charge in [0, 0.05) is 11.4 Å². The topological polar surface area (TPSA) is 60.9 Å². The molecule has 2 rings (SSSR count). The van der Waals surface area contributed by atoms with Crippen molar-refractivity contribution in [3.8, 4) is 0 Å². The number of rotatable bonds is 4. The van der Waals surface area contributed by atoms with Crippen LogP contribution in [-0.4, -0.2) is 45.9 Å². The third kappa shape index (κ3) is 3.98. The van der Waals surface area contributed by atoms with Gasteiger partial charge in [0.1, 0.15) is 12.2 Å². The molecule has 0 aromatic heterocycles. The predicted molar refractivity (Wildman–Crippen MR) is 81.2 cm³/mol. The summed E-state index contributed by atoms with van der Waals surface area (Å²) < 4.78 is 27.5. The summed E-state index contributed by atoms with van der Waals surface area (Å²) >= 11 is 5.89. The molecule has 8 heteroatoms. The van der Waals surface area contributed by atoms with Gasteiger partial charge in [-0.15, -0.1) is 0 Å². The zero-order valence-corrected chi connectivity index (χ0v) is 12.8. The summed E-state index contributed by atoms with van der Waals surface area (Å²) in [6.45, 7) is 2.73. The number of carboxylic acid groups (broad SMARTS) is 1. The van der Waals surface area contributed by atoms with Crippen LogP contribution < -0.4 is 0 Å². The number of hydrogen-bond acceptors (Lipinski definition) is 2. The van der Waals surface area contributed by atoms with Crippen molar-refractivity contribution in [1.82, 2.24) is 10.0 Å². The minimum atomic E-state index is -1.48. The van der Waals surface area contributed by atoms with Gasteiger partial charge in [-0.25, -0.2) is 9.18 Å². The van der Waals surface area contributed by atoms with Crippen molar-refractivity contribution in [2.75, 3.05) is 6.54 Å². The van der Waals surface area contributed by atoms with E-state index in [4.69, 9.17) is 16.7 Å². The molecule has 1 aromatic rings. The Hall–Kier alpha value is -2.15. The second-order valence-corrected chi connectivity index (χ2v) is 5.68. The largest absolute Gasteiger partial charge is 0.465 e. The Morgan fingerprint density at radius 1 is 1.48 bits per heavy atom. The Labute approximate surface area is 136 Å². The minimum absolute atomic E-state index is 0.114. The molecule has 0 aliphatic carbocycles. The van der Waals surface area contributed by atoms with Gasteiger partial charge in [-0.3, -0.25) is 9.69 Å². The number of benzene rings is 1. The highest BCUT2D eigenvalue weighted by Gasteiger charge is 2.42. The third-order valence-electron chi connectivity index (χ3n) is 3.56. The van der Waals surface area contributed by atoms with Crippen LogP contribution in [0.2, 0.25) is 5.02 Å². The molecule has 0 saturated carbocycles. The molecule has 1 aliphatic rings. The molecular weight excluding hydrogens is 330 g/mol. The molecule has 23 heavy (non-hydrogen) atoms. The summed E-state index contributed by atoms with van der Waals surface area (Å²) in [5.74, 6) is -1.09. The molecule has 0 spiro atoms. The average molecular weight is 345 g/mol. The number of nitrogens with zero attached hydrogens (tertiary/aromatic N) is 2. The number of halogens is 3. The summed E-state index contributed by atoms with van der Waals surface area (Å²) in [5, 5.41) is 9.21. The Morgan fingerprint density at radius 2 is 2.17 bits per heavy atom. The number of hydrogen-bond donors (Lipinski definition) is 1. The highest BCUT2D eigenvalue weighted by Crippen LogP contribution is 2.24. The van der Waals surface area contributed by atoms with Crippen LogP contribution >= 0.6 is 11.6 Å². The third-order valence-corrected chi connectivity index (χ3v) is 3.78. The van der Waals surface area contributed by atoms with E-state index in [1.165, 1.54) is 12.1 Å². The normalized spacial score (nSPS) is 20.4. The van der Waals surface area contributed by atoms with Crippen molar-refractivity contribution in [3.63, 3.8) is 0 Å². The maximum absolute atomic E-state index is 14.1. The maximum atomic E-state index is 14.1. The van der Waals surface area contributed by atoms with Gasteiger partial charge in [0.05, 0.1) is 13.1 Å². The van der Waals surface area contributed by atoms with Crippen molar-refractivity contribution >= 4 is 29.7 Å². The smallest absolute Gasteiger partial charge is 0.408 e. The lowest BCUT2D eigenvalue weighted by molar-refractivity contribution is -0.152. The van der Waals surface area contributed by atoms with E-state index >= 15 is 0 Å². The van der Waals surface area contributed by atoms with Crippen LogP contribution in [0, 0.1) is 0 Å². The van der Waals surface area contributed by atoms with Crippen LogP contribution in [0.25, 0.3) is 6.08 Å². The van der Waals surface area contributed by atoms with Crippen molar-refractivity contribution < 1.29 is 23.6 Å². The Bertz CT molecular complexity index is 641. The van der Waals surface area contributed by atoms with E-state index in [0.717, 1.165) is 0 Å². The van der Waals surface area contributed by atoms with Crippen LogP contribution in [0.4, 0.5) is 13.7 Å². The van der Waals surface area contributed by atoms with E-state index in [2.05, 4.69) is 6.58 Å². The lowest BCUT2D eigenvalue weighted by atomic mass is 10.1. The molecule has 2 unspecified atom stereocenters. The number of likely N-dealkylation sites (tertiary alicyclic amines) is 1. The fourth-order valence-electron chi connectivity index (χ4n) is 2.51. The second-order valence-electron chi connectivity index (χ2n) is 5.24. The summed E-state index contributed by atoms with van der Waals surface area (Å²) in [7, 11) is 0. The first-order valence-corrected chi connectivity index (χ1v) is 7.22. The minimum Gasteiger partial charge on any atom is -0.465 e. The van der Waals surface area contributed by atoms with Gasteiger partial charge in [0.15, 0.2) is 0 Å². The second kappa shape index (κ2) is 6.95. The zero-order chi connectivity index (χ0) is 17.1. The Kier molecular flexibility index (Phi) is 5.20. The highest BCUT2D eigenvalue weighted by atomic mass is 35.5. The summed E-state index contributed by atoms with van der Waals surface area (Å²) in [6.07, 6.45) is -1.75. The van der Waals surface area contributed by atoms with Gasteiger partial charge in [-0.1, -0.05) is 28.7 Å². The molecule has 1 aliphatic heterocycles. The van der Waals surface area contributed by atoms with Crippen molar-refractivity contribution in [2.24, 2.45) is 0 Å². The zero-order valence-electron chi connectivity index (χ0n) is 12.1. The molecule has 1 saturated heterocycles. The predicted octanol–water partition coefficient (Wildman–Crippen LogP) is 3.29. The van der Waals surface area contributed by atoms with Gasteiger partial charge < -0.3 is 5.11 Å². The molecule has 0 bridgehead atoms. The first-order chi connectivity index (χ1) is 10.8. The fraction of sp³-hybridized carbons (Fsp3) is 0.333. The molecule has 1 fully saturated rings. The van der Waals surface area contributed by atoms with Crippen LogP contribution in [0.1, 0.15) is 17.5 Å². The van der Waals surface area contributed by atoms with E-state index in [1.807, 2.05) is 0 Å². The van der Waals surface area contributed by atoms with Gasteiger partial charge in [-0.2, -0.15) is 5.12 Å². The van der Waals surface area contributed by atoms with Gasteiger partial charge in [-0.05, 0) is 29.3 Å². The summed E-state index contributed by atoms with van der Waals surface area (Å²) in [5.41, 5.74) is 1.07. The quantitative estimate of drug-likeness (QED) is 0.853. The standard InChI is InChI=1S/C15H15ClF2N2O3/c1-2-9-3-10(5-11(16)4-9)7-20(18)14(21)13-6-12(17)8-19(13)15(22)23/h2-5,12-13H,1,6-8H2,(H,22,23). The van der Waals surface area contributed by atoms with Crippen LogP contribution in [0.3, 0.4) is 0 Å². The molecule has 0 radical (unpaired) electrons. The summed E-state index contributed by atoms with van der Waals surface area (Å²) in [4.78, 5) is 23.7. The van der Waals surface area contributed by atoms with Crippen LogP contribution in [0.5, 0.6) is 0 Å². The van der Waals surface area contributed by atoms with Crippen LogP contribution in [0.15, 0.2) is 24.8 Å². The monoisotopic (exact) mass is 344 g/mol. The average Bonchev–Trinajstić information content (AvgIpc) is 2.87. The molecule has 5 nitrogen and oxygen atoms in total. The number of carbonyl (C=O) groups is 2. The molecule has 124 valence electrons. The lowest BCUT2D eigenvalue weighted by Crippen LogP contribution is -2.44. The van der Waals surface area contributed by atoms with Gasteiger partial charge >= 0.3 is 6.09 Å². The van der Waals surface area contributed by atoms with E-state index in [0.29, 0.717) is 21.0 Å². The number of carbonyl (C=O) groups excluding carboxylic acids is 1. The lowest BCUT2D eigenvalue weighted by Gasteiger charge is -2.23. The van der Waals surface area contributed by atoms with Gasteiger partial charge in [0.2, 0.25) is 0 Å². The Balaban J connectivity index is 2.12. The molecule has 1 heterocycles. The first-order valence-electron chi connectivity index (χ1n) is 6.84. The van der Waals surface area contributed by atoms with E-state index in [1.54, 1.807) is 12.1 Å². The van der Waals surface area contributed by atoms with E-state index in [-0.39, 0.29) is 11.5 Å². The molecular formula is C15H15ClF2N2O3. The molecule has 2 amide bonds. The van der Waals surface area contributed by atoms with E-state index in [9.17, 15) is 18.5 Å². The summed E-state index contributed by atoms with van der Waals surface area (Å²) in [6, 6.07) is 3.35. The molecule has 1 N–H and O–H groups in total. The number of amides is 2. The van der Waals surface area contributed by atoms with Crippen molar-refractivity contribution in [1.29, 1.82) is 0 Å². The van der Waals surface area contributed by atoms with Crippen LogP contribution in [-0.2, 0) is 11.3 Å². The van der Waals surface area contributed by atoms with Crippen molar-refractivity contribution in [3.05, 3.63) is 40.9 Å². The molecule has 2 atom stereocenters. The first kappa shape index (κ1) is 17.2. The highest BCUT2D eigenvalue weighted by molar-refractivity contribution is 6.30. The fourth-order valence-corrected chi connectivity index (χ4v) is 2.78. The SMILES string of the molecule is C=Cc1cc(Cl)cc(CN(F)C(=O)C2CC(F)CN2C(=O)O)c1. The van der Waals surface area contributed by atoms with Gasteiger partial charge in [0.25, 0.3) is 5.91 Å². The van der Waals surface area contributed by atoms with Crippen molar-refractivity contribution in [2.45, 2.75) is 25.2 Å². The Morgan fingerprint density at radius 3 is 2.78 bits per heavy atom. The number of alkyl halides is 1.